The molecule has 0 aliphatic carbocycles. The van der Waals surface area contributed by atoms with E-state index in [9.17, 15) is 4.79 Å². The Balaban J connectivity index is 1.88. The third kappa shape index (κ3) is 3.13. The van der Waals surface area contributed by atoms with Gasteiger partial charge in [-0.2, -0.15) is 0 Å². The molecule has 3 nitrogen and oxygen atoms in total. The minimum absolute atomic E-state index is 0.00540. The van der Waals surface area contributed by atoms with Gasteiger partial charge in [-0.3, -0.25) is 4.79 Å². The van der Waals surface area contributed by atoms with E-state index < -0.39 is 0 Å². The molecule has 0 spiro atoms. The molecule has 0 saturated carbocycles. The Kier molecular flexibility index (Phi) is 4.26. The first-order chi connectivity index (χ1) is 8.31. The summed E-state index contributed by atoms with van der Waals surface area (Å²) in [5.41, 5.74) is 0. The van der Waals surface area contributed by atoms with Crippen LogP contribution in [0.3, 0.4) is 0 Å². The predicted molar refractivity (Wildman–Crippen MR) is 67.4 cm³/mol. The third-order valence-corrected chi connectivity index (χ3v) is 3.23. The van der Waals surface area contributed by atoms with Gasteiger partial charge >= 0.3 is 0 Å². The van der Waals surface area contributed by atoms with Gasteiger partial charge in [0, 0.05) is 6.54 Å². The van der Waals surface area contributed by atoms with E-state index >= 15 is 0 Å². The maximum absolute atomic E-state index is 11.6. The summed E-state index contributed by atoms with van der Waals surface area (Å²) in [5, 5.41) is 0. The van der Waals surface area contributed by atoms with Gasteiger partial charge in [-0.25, -0.2) is 0 Å². The van der Waals surface area contributed by atoms with E-state index in [0.29, 0.717) is 6.61 Å². The van der Waals surface area contributed by atoms with Crippen molar-refractivity contribution in [3.8, 4) is 5.75 Å². The van der Waals surface area contributed by atoms with Crippen LogP contribution in [0.5, 0.6) is 5.75 Å². The summed E-state index contributed by atoms with van der Waals surface area (Å²) >= 11 is 5.58. The van der Waals surface area contributed by atoms with Crippen molar-refractivity contribution < 1.29 is 9.53 Å². The summed E-state index contributed by atoms with van der Waals surface area (Å²) in [7, 11) is 0. The lowest BCUT2D eigenvalue weighted by Crippen LogP contribution is -2.39. The van der Waals surface area contributed by atoms with E-state index in [2.05, 4.69) is 0 Å². The second kappa shape index (κ2) is 5.92. The third-order valence-electron chi connectivity index (χ3n) is 3.00. The Morgan fingerprint density at radius 1 is 1.41 bits per heavy atom. The van der Waals surface area contributed by atoms with Crippen molar-refractivity contribution in [1.29, 1.82) is 0 Å². The average molecular weight is 254 g/mol. The standard InChI is InChI=1S/C13H16ClNO2/c14-9-13(16)15-8-4-5-11(15)10-17-12-6-2-1-3-7-12/h1-3,6-7,11H,4-5,8-10H2/t11-/m0/s1. The first kappa shape index (κ1) is 12.2. The molecule has 0 unspecified atom stereocenters. The monoisotopic (exact) mass is 253 g/mol. The number of nitrogens with zero attached hydrogens (tertiary/aromatic N) is 1. The molecule has 4 heteroatoms. The van der Waals surface area contributed by atoms with Crippen LogP contribution in [0.2, 0.25) is 0 Å². The quantitative estimate of drug-likeness (QED) is 0.771. The van der Waals surface area contributed by atoms with Crippen molar-refractivity contribution in [3.63, 3.8) is 0 Å². The molecule has 1 saturated heterocycles. The second-order valence-corrected chi connectivity index (χ2v) is 4.41. The number of para-hydroxylation sites is 1. The van der Waals surface area contributed by atoms with Crippen LogP contribution in [-0.4, -0.2) is 35.9 Å². The Hall–Kier alpha value is -1.22. The highest BCUT2D eigenvalue weighted by molar-refractivity contribution is 6.27. The lowest BCUT2D eigenvalue weighted by Gasteiger charge is -2.23. The van der Waals surface area contributed by atoms with E-state index in [-0.39, 0.29) is 17.8 Å². The summed E-state index contributed by atoms with van der Waals surface area (Å²) in [5.74, 6) is 0.908. The van der Waals surface area contributed by atoms with Crippen molar-refractivity contribution in [3.05, 3.63) is 30.3 Å². The Morgan fingerprint density at radius 3 is 2.88 bits per heavy atom. The van der Waals surface area contributed by atoms with Crippen LogP contribution >= 0.6 is 11.6 Å². The molecule has 17 heavy (non-hydrogen) atoms. The van der Waals surface area contributed by atoms with Gasteiger partial charge in [0.15, 0.2) is 0 Å². The number of ether oxygens (including phenoxy) is 1. The van der Waals surface area contributed by atoms with Crippen LogP contribution in [0.4, 0.5) is 0 Å². The minimum Gasteiger partial charge on any atom is -0.491 e. The molecule has 0 N–H and O–H groups in total. The summed E-state index contributed by atoms with van der Waals surface area (Å²) < 4.78 is 5.68. The van der Waals surface area contributed by atoms with Crippen LogP contribution in [-0.2, 0) is 4.79 Å². The molecule has 1 heterocycles. The maximum Gasteiger partial charge on any atom is 0.237 e. The van der Waals surface area contributed by atoms with Gasteiger partial charge in [0.25, 0.3) is 0 Å². The summed E-state index contributed by atoms with van der Waals surface area (Å²) in [6.07, 6.45) is 2.03. The molecule has 92 valence electrons. The number of rotatable bonds is 4. The Labute approximate surface area is 106 Å². The fourth-order valence-corrected chi connectivity index (χ4v) is 2.28. The molecule has 0 aromatic heterocycles. The zero-order valence-corrected chi connectivity index (χ0v) is 10.4. The number of alkyl halides is 1. The first-order valence-electron chi connectivity index (χ1n) is 5.84. The fourth-order valence-electron chi connectivity index (χ4n) is 2.12. The van der Waals surface area contributed by atoms with Crippen molar-refractivity contribution in [2.45, 2.75) is 18.9 Å². The first-order valence-corrected chi connectivity index (χ1v) is 6.38. The average Bonchev–Trinajstić information content (AvgIpc) is 2.85. The Morgan fingerprint density at radius 2 is 2.18 bits per heavy atom. The van der Waals surface area contributed by atoms with Crippen LogP contribution in [0.1, 0.15) is 12.8 Å². The molecule has 1 fully saturated rings. The van der Waals surface area contributed by atoms with Gasteiger partial charge in [0.1, 0.15) is 18.2 Å². The highest BCUT2D eigenvalue weighted by Gasteiger charge is 2.28. The SMILES string of the molecule is O=C(CCl)N1CCC[C@H]1COc1ccccc1. The predicted octanol–water partition coefficient (Wildman–Crippen LogP) is 2.30. The molecule has 0 radical (unpaired) electrons. The Bertz CT molecular complexity index is 369. The number of benzene rings is 1. The smallest absolute Gasteiger partial charge is 0.237 e. The fraction of sp³-hybridized carbons (Fsp3) is 0.462. The van der Waals surface area contributed by atoms with Gasteiger partial charge in [-0.1, -0.05) is 18.2 Å². The van der Waals surface area contributed by atoms with Gasteiger partial charge in [0.05, 0.1) is 6.04 Å². The number of likely N-dealkylation sites (tertiary alicyclic amines) is 1. The number of amides is 1. The van der Waals surface area contributed by atoms with Crippen molar-refractivity contribution >= 4 is 17.5 Å². The van der Waals surface area contributed by atoms with Gasteiger partial charge in [-0.05, 0) is 25.0 Å². The molecule has 2 rings (SSSR count). The van der Waals surface area contributed by atoms with Gasteiger partial charge in [0.2, 0.25) is 5.91 Å². The zero-order valence-electron chi connectivity index (χ0n) is 9.64. The molecule has 1 aliphatic heterocycles. The maximum atomic E-state index is 11.6. The van der Waals surface area contributed by atoms with Gasteiger partial charge in [-0.15, -0.1) is 11.6 Å². The number of carbonyl (C=O) groups is 1. The highest BCUT2D eigenvalue weighted by atomic mass is 35.5. The van der Waals surface area contributed by atoms with Crippen molar-refractivity contribution in [2.75, 3.05) is 19.0 Å². The lowest BCUT2D eigenvalue weighted by atomic mass is 10.2. The molecule has 1 aromatic rings. The van der Waals surface area contributed by atoms with Gasteiger partial charge < -0.3 is 9.64 Å². The van der Waals surface area contributed by atoms with Crippen molar-refractivity contribution in [1.82, 2.24) is 4.90 Å². The number of hydrogen-bond donors (Lipinski definition) is 0. The second-order valence-electron chi connectivity index (χ2n) is 4.14. The van der Waals surface area contributed by atoms with Crippen molar-refractivity contribution in [2.24, 2.45) is 0 Å². The molecule has 1 amide bonds. The largest absolute Gasteiger partial charge is 0.491 e. The van der Waals surface area contributed by atoms with Crippen LogP contribution in [0, 0.1) is 0 Å². The lowest BCUT2D eigenvalue weighted by molar-refractivity contribution is -0.129. The van der Waals surface area contributed by atoms with E-state index in [1.807, 2.05) is 35.2 Å². The summed E-state index contributed by atoms with van der Waals surface area (Å²) in [6, 6.07) is 9.83. The molecule has 1 aromatic carbocycles. The molecule has 1 aliphatic rings. The van der Waals surface area contributed by atoms with Crippen LogP contribution in [0.25, 0.3) is 0 Å². The van der Waals surface area contributed by atoms with E-state index in [1.165, 1.54) is 0 Å². The number of halogens is 1. The van der Waals surface area contributed by atoms with E-state index in [0.717, 1.165) is 25.1 Å². The highest BCUT2D eigenvalue weighted by Crippen LogP contribution is 2.19. The normalized spacial score (nSPS) is 19.4. The van der Waals surface area contributed by atoms with E-state index in [1.54, 1.807) is 0 Å². The molecule has 0 bridgehead atoms. The number of carbonyl (C=O) groups excluding carboxylic acids is 1. The topological polar surface area (TPSA) is 29.5 Å². The van der Waals surface area contributed by atoms with Crippen LogP contribution in [0.15, 0.2) is 30.3 Å². The van der Waals surface area contributed by atoms with Crippen LogP contribution < -0.4 is 4.74 Å². The zero-order chi connectivity index (χ0) is 12.1. The summed E-state index contributed by atoms with van der Waals surface area (Å²) in [4.78, 5) is 13.4. The minimum atomic E-state index is 0.00540. The molecular weight excluding hydrogens is 238 g/mol. The number of hydrogen-bond acceptors (Lipinski definition) is 2. The molecular formula is C13H16ClNO2. The molecule has 1 atom stereocenters. The summed E-state index contributed by atoms with van der Waals surface area (Å²) in [6.45, 7) is 1.35. The van der Waals surface area contributed by atoms with E-state index in [4.69, 9.17) is 16.3 Å².